The van der Waals surface area contributed by atoms with Gasteiger partial charge in [-0.05, 0) is 84.3 Å². The average Bonchev–Trinajstić information content (AvgIpc) is 2.92. The van der Waals surface area contributed by atoms with Gasteiger partial charge in [0.2, 0.25) is 5.95 Å². The summed E-state index contributed by atoms with van der Waals surface area (Å²) < 4.78 is 18.0. The summed E-state index contributed by atoms with van der Waals surface area (Å²) in [5.74, 6) is 2.54. The number of rotatable bonds is 10. The van der Waals surface area contributed by atoms with E-state index in [2.05, 4.69) is 59.3 Å². The zero-order valence-electron chi connectivity index (χ0n) is 24.4. The highest BCUT2D eigenvalue weighted by atomic mass is 16.5. The van der Waals surface area contributed by atoms with Gasteiger partial charge in [0.15, 0.2) is 11.5 Å². The maximum absolute atomic E-state index is 6.33. The normalized spacial score (nSPS) is 18.0. The number of hydrogen-bond acceptors (Lipinski definition) is 9. The van der Waals surface area contributed by atoms with E-state index in [1.807, 2.05) is 30.5 Å². The van der Waals surface area contributed by atoms with E-state index >= 15 is 0 Å². The lowest BCUT2D eigenvalue weighted by Gasteiger charge is -2.42. The van der Waals surface area contributed by atoms with Gasteiger partial charge in [-0.25, -0.2) is 4.98 Å². The minimum absolute atomic E-state index is 0.245. The molecule has 0 amide bonds. The number of ether oxygens (including phenoxy) is 3. The van der Waals surface area contributed by atoms with E-state index in [9.17, 15) is 0 Å². The van der Waals surface area contributed by atoms with Gasteiger partial charge in [0.1, 0.15) is 5.82 Å². The van der Waals surface area contributed by atoms with Crippen LogP contribution in [0.2, 0.25) is 0 Å². The number of hydrogen-bond donors (Lipinski definition) is 2. The van der Waals surface area contributed by atoms with Crippen LogP contribution in [-0.4, -0.2) is 58.8 Å². The number of likely N-dealkylation sites (tertiary alicyclic amines) is 1. The molecule has 0 bridgehead atoms. The maximum Gasteiger partial charge on any atom is 0.229 e. The lowest BCUT2D eigenvalue weighted by molar-refractivity contribution is -0.139. The lowest BCUT2D eigenvalue weighted by Crippen LogP contribution is -2.42. The molecule has 1 aromatic carbocycles. The summed E-state index contributed by atoms with van der Waals surface area (Å²) in [6.45, 7) is 12.5. The molecule has 2 aliphatic heterocycles. The molecule has 40 heavy (non-hydrogen) atoms. The van der Waals surface area contributed by atoms with Gasteiger partial charge in [-0.2, -0.15) is 4.98 Å². The Balaban J connectivity index is 1.20. The lowest BCUT2D eigenvalue weighted by atomic mass is 9.85. The third kappa shape index (κ3) is 7.01. The van der Waals surface area contributed by atoms with Crippen molar-refractivity contribution in [1.82, 2.24) is 19.9 Å². The molecule has 2 N–H and O–H groups in total. The van der Waals surface area contributed by atoms with Crippen molar-refractivity contribution < 1.29 is 14.2 Å². The number of methoxy groups -OCH3 is 1. The Morgan fingerprint density at radius 2 is 1.77 bits per heavy atom. The van der Waals surface area contributed by atoms with E-state index in [0.717, 1.165) is 47.8 Å². The van der Waals surface area contributed by atoms with Gasteiger partial charge in [0.05, 0.1) is 36.8 Å². The highest BCUT2D eigenvalue weighted by Crippen LogP contribution is 2.40. The summed E-state index contributed by atoms with van der Waals surface area (Å²) in [5, 5.41) is 6.64. The van der Waals surface area contributed by atoms with Gasteiger partial charge >= 0.3 is 0 Å². The molecule has 0 saturated carbocycles. The molecular weight excluding hydrogens is 504 g/mol. The molecule has 0 atom stereocenters. The van der Waals surface area contributed by atoms with E-state index in [-0.39, 0.29) is 5.60 Å². The van der Waals surface area contributed by atoms with E-state index < -0.39 is 5.60 Å². The molecule has 1 fully saturated rings. The SMILES string of the molecule is COc1cc(Nc2nccc(Nc3cnc4c(c3)C(C)(C)OC(C)(C)C4)n2)ccc1OCCCN1CCCCC1. The van der Waals surface area contributed by atoms with Crippen LogP contribution in [0.1, 0.15) is 64.6 Å². The molecule has 2 aliphatic rings. The first-order chi connectivity index (χ1) is 19.2. The van der Waals surface area contributed by atoms with Crippen molar-refractivity contribution in [2.75, 3.05) is 44.0 Å². The van der Waals surface area contributed by atoms with Gasteiger partial charge in [0, 0.05) is 42.2 Å². The fraction of sp³-hybridized carbons (Fsp3) is 0.516. The van der Waals surface area contributed by atoms with Crippen molar-refractivity contribution in [2.45, 2.75) is 71.0 Å². The molecule has 5 rings (SSSR count). The summed E-state index contributed by atoms with van der Waals surface area (Å²) in [6, 6.07) is 9.71. The molecule has 2 aromatic heterocycles. The summed E-state index contributed by atoms with van der Waals surface area (Å²) >= 11 is 0. The highest BCUT2D eigenvalue weighted by Gasteiger charge is 2.39. The third-order valence-corrected chi connectivity index (χ3v) is 7.42. The summed E-state index contributed by atoms with van der Waals surface area (Å²) in [7, 11) is 1.65. The summed E-state index contributed by atoms with van der Waals surface area (Å²) in [4.78, 5) is 16.3. The zero-order valence-corrected chi connectivity index (χ0v) is 24.4. The molecule has 9 heteroatoms. The van der Waals surface area contributed by atoms with Crippen LogP contribution >= 0.6 is 0 Å². The van der Waals surface area contributed by atoms with Crippen LogP contribution in [0.3, 0.4) is 0 Å². The minimum atomic E-state index is -0.428. The van der Waals surface area contributed by atoms with Crippen molar-refractivity contribution in [3.05, 3.63) is 54.0 Å². The van der Waals surface area contributed by atoms with E-state index in [1.165, 1.54) is 32.4 Å². The Morgan fingerprint density at radius 1 is 0.950 bits per heavy atom. The molecule has 3 aromatic rings. The van der Waals surface area contributed by atoms with Gasteiger partial charge < -0.3 is 29.7 Å². The molecule has 0 spiro atoms. The molecule has 0 aliphatic carbocycles. The quantitative estimate of drug-likeness (QED) is 0.288. The number of nitrogens with zero attached hydrogens (tertiary/aromatic N) is 4. The van der Waals surface area contributed by atoms with E-state index in [0.29, 0.717) is 24.1 Å². The Kier molecular flexibility index (Phi) is 8.42. The van der Waals surface area contributed by atoms with Crippen molar-refractivity contribution >= 4 is 23.1 Å². The fourth-order valence-corrected chi connectivity index (χ4v) is 5.69. The number of benzene rings is 1. The molecule has 9 nitrogen and oxygen atoms in total. The fourth-order valence-electron chi connectivity index (χ4n) is 5.69. The van der Waals surface area contributed by atoms with Crippen LogP contribution in [0.25, 0.3) is 0 Å². The van der Waals surface area contributed by atoms with Crippen LogP contribution in [0.4, 0.5) is 23.1 Å². The average molecular weight is 547 g/mol. The van der Waals surface area contributed by atoms with Crippen LogP contribution in [0, 0.1) is 0 Å². The first-order valence-corrected chi connectivity index (χ1v) is 14.3. The Hall–Kier alpha value is -3.43. The largest absolute Gasteiger partial charge is 0.493 e. The van der Waals surface area contributed by atoms with E-state index in [1.54, 1.807) is 13.3 Å². The Bertz CT molecular complexity index is 1310. The second-order valence-electron chi connectivity index (χ2n) is 11.8. The standard InChI is InChI=1S/C31H42N6O3/c1-30(2)20-25-24(31(3,4)40-30)18-23(21-33-25)34-28-12-13-32-29(36-28)35-22-10-11-26(27(19-22)38-5)39-17-9-16-37-14-7-6-8-15-37/h10-13,18-19,21H,6-9,14-17,20H2,1-5H3,(H2,32,34,35,36). The third-order valence-electron chi connectivity index (χ3n) is 7.42. The second kappa shape index (κ2) is 12.0. The number of anilines is 4. The molecule has 1 saturated heterocycles. The Labute approximate surface area is 237 Å². The van der Waals surface area contributed by atoms with Crippen molar-refractivity contribution in [3.63, 3.8) is 0 Å². The number of pyridine rings is 1. The number of nitrogens with one attached hydrogen (secondary N) is 2. The van der Waals surface area contributed by atoms with Gasteiger partial charge in [0.25, 0.3) is 0 Å². The smallest absolute Gasteiger partial charge is 0.229 e. The number of aromatic nitrogens is 3. The topological polar surface area (TPSA) is 93.7 Å². The van der Waals surface area contributed by atoms with Crippen molar-refractivity contribution in [1.29, 1.82) is 0 Å². The monoisotopic (exact) mass is 546 g/mol. The number of piperidine rings is 1. The predicted octanol–water partition coefficient (Wildman–Crippen LogP) is 6.21. The zero-order chi connectivity index (χ0) is 28.2. The van der Waals surface area contributed by atoms with E-state index in [4.69, 9.17) is 19.2 Å². The van der Waals surface area contributed by atoms with Crippen molar-refractivity contribution in [3.8, 4) is 11.5 Å². The number of fused-ring (bicyclic) bond motifs is 1. The second-order valence-corrected chi connectivity index (χ2v) is 11.8. The van der Waals surface area contributed by atoms with Gasteiger partial charge in [-0.3, -0.25) is 4.98 Å². The Morgan fingerprint density at radius 3 is 2.58 bits per heavy atom. The van der Waals surface area contributed by atoms with Gasteiger partial charge in [-0.15, -0.1) is 0 Å². The summed E-state index contributed by atoms with van der Waals surface area (Å²) in [6.07, 6.45) is 9.32. The molecule has 0 radical (unpaired) electrons. The first kappa shape index (κ1) is 28.1. The van der Waals surface area contributed by atoms with Crippen molar-refractivity contribution in [2.24, 2.45) is 0 Å². The van der Waals surface area contributed by atoms with Crippen LogP contribution < -0.4 is 20.1 Å². The molecule has 4 heterocycles. The van der Waals surface area contributed by atoms with Crippen LogP contribution in [-0.2, 0) is 16.8 Å². The van der Waals surface area contributed by atoms with Crippen LogP contribution in [0.15, 0.2) is 42.7 Å². The highest BCUT2D eigenvalue weighted by molar-refractivity contribution is 5.62. The van der Waals surface area contributed by atoms with Crippen LogP contribution in [0.5, 0.6) is 11.5 Å². The molecule has 0 unspecified atom stereocenters. The summed E-state index contributed by atoms with van der Waals surface area (Å²) in [5.41, 5.74) is 3.15. The minimum Gasteiger partial charge on any atom is -0.493 e. The molecule has 214 valence electrons. The first-order valence-electron chi connectivity index (χ1n) is 14.3. The molecular formula is C31H42N6O3. The maximum atomic E-state index is 6.33. The predicted molar refractivity (Wildman–Crippen MR) is 158 cm³/mol. The van der Waals surface area contributed by atoms with Gasteiger partial charge in [-0.1, -0.05) is 6.42 Å².